The summed E-state index contributed by atoms with van der Waals surface area (Å²) in [6, 6.07) is 12.9. The summed E-state index contributed by atoms with van der Waals surface area (Å²) in [5, 5.41) is 7.06. The van der Waals surface area contributed by atoms with E-state index in [2.05, 4.69) is 52.9 Å². The summed E-state index contributed by atoms with van der Waals surface area (Å²) in [4.78, 5) is 4.46. The van der Waals surface area contributed by atoms with E-state index in [0.717, 1.165) is 32.5 Å². The summed E-state index contributed by atoms with van der Waals surface area (Å²) in [5.41, 5.74) is 5.13. The van der Waals surface area contributed by atoms with Crippen LogP contribution in [0.1, 0.15) is 16.8 Å². The van der Waals surface area contributed by atoms with Crippen molar-refractivity contribution in [3.05, 3.63) is 59.4 Å². The molecule has 1 aliphatic heterocycles. The van der Waals surface area contributed by atoms with E-state index in [1.807, 2.05) is 12.3 Å². The molecule has 0 fully saturated rings. The summed E-state index contributed by atoms with van der Waals surface area (Å²) in [5.74, 6) is 0.630. The summed E-state index contributed by atoms with van der Waals surface area (Å²) in [7, 11) is 0. The summed E-state index contributed by atoms with van der Waals surface area (Å²) in [6.45, 7) is 5.25. The molecule has 0 spiro atoms. The normalized spacial score (nSPS) is 17.1. The molecule has 0 amide bonds. The maximum Gasteiger partial charge on any atom is 0.0638 e. The molecular weight excluding hydrogens is 258 g/mol. The summed E-state index contributed by atoms with van der Waals surface area (Å²) < 4.78 is 0. The van der Waals surface area contributed by atoms with Crippen LogP contribution < -0.4 is 10.6 Å². The van der Waals surface area contributed by atoms with E-state index < -0.39 is 0 Å². The van der Waals surface area contributed by atoms with Crippen LogP contribution in [0.2, 0.25) is 0 Å². The average molecular weight is 281 g/mol. The molecule has 3 heteroatoms. The van der Waals surface area contributed by atoms with Gasteiger partial charge in [-0.05, 0) is 49.9 Å². The Morgan fingerprint density at radius 3 is 2.95 bits per heavy atom. The fourth-order valence-electron chi connectivity index (χ4n) is 2.80. The lowest BCUT2D eigenvalue weighted by Crippen LogP contribution is -2.33. The Morgan fingerprint density at radius 1 is 1.24 bits per heavy atom. The van der Waals surface area contributed by atoms with E-state index in [-0.39, 0.29) is 0 Å². The molecule has 3 rings (SSSR count). The fourth-order valence-corrected chi connectivity index (χ4v) is 2.80. The number of hydrogen-bond acceptors (Lipinski definition) is 3. The SMILES string of the molecule is Cc1ccc(CCNC[C@H]2CNc3cccnc3C2)cc1. The minimum Gasteiger partial charge on any atom is -0.383 e. The third kappa shape index (κ3) is 3.82. The molecule has 0 bridgehead atoms. The second-order valence-electron chi connectivity index (χ2n) is 5.89. The number of hydrogen-bond donors (Lipinski definition) is 2. The van der Waals surface area contributed by atoms with Gasteiger partial charge in [0.05, 0.1) is 11.4 Å². The zero-order valence-corrected chi connectivity index (χ0v) is 12.6. The first-order valence-corrected chi connectivity index (χ1v) is 7.75. The smallest absolute Gasteiger partial charge is 0.0638 e. The second kappa shape index (κ2) is 6.72. The van der Waals surface area contributed by atoms with Crippen molar-refractivity contribution in [2.45, 2.75) is 19.8 Å². The zero-order chi connectivity index (χ0) is 14.5. The van der Waals surface area contributed by atoms with Gasteiger partial charge < -0.3 is 10.6 Å². The molecule has 1 aliphatic rings. The predicted molar refractivity (Wildman–Crippen MR) is 87.7 cm³/mol. The molecule has 0 saturated carbocycles. The Bertz CT molecular complexity index is 577. The monoisotopic (exact) mass is 281 g/mol. The van der Waals surface area contributed by atoms with Crippen molar-refractivity contribution >= 4 is 5.69 Å². The highest BCUT2D eigenvalue weighted by Gasteiger charge is 2.18. The Kier molecular flexibility index (Phi) is 4.51. The molecule has 2 N–H and O–H groups in total. The van der Waals surface area contributed by atoms with Gasteiger partial charge in [-0.3, -0.25) is 4.98 Å². The van der Waals surface area contributed by atoms with Crippen LogP contribution in [-0.2, 0) is 12.8 Å². The maximum absolute atomic E-state index is 4.46. The van der Waals surface area contributed by atoms with Crippen molar-refractivity contribution in [3.8, 4) is 0 Å². The molecule has 0 aliphatic carbocycles. The van der Waals surface area contributed by atoms with Crippen molar-refractivity contribution in [3.63, 3.8) is 0 Å². The van der Waals surface area contributed by atoms with Crippen LogP contribution in [0.3, 0.4) is 0 Å². The highest BCUT2D eigenvalue weighted by molar-refractivity contribution is 5.49. The Labute approximate surface area is 126 Å². The molecule has 2 heterocycles. The molecule has 3 nitrogen and oxygen atoms in total. The van der Waals surface area contributed by atoms with Crippen LogP contribution in [0.15, 0.2) is 42.6 Å². The molecule has 1 atom stereocenters. The van der Waals surface area contributed by atoms with E-state index in [4.69, 9.17) is 0 Å². The third-order valence-electron chi connectivity index (χ3n) is 4.10. The molecule has 110 valence electrons. The standard InChI is InChI=1S/C18H23N3/c1-14-4-6-15(7-5-14)8-10-19-12-16-11-18-17(21-13-16)3-2-9-20-18/h2-7,9,16,19,21H,8,10-13H2,1H3/t16-/m0/s1. The number of fused-ring (bicyclic) bond motifs is 1. The van der Waals surface area contributed by atoms with Gasteiger partial charge in [0.2, 0.25) is 0 Å². The fraction of sp³-hybridized carbons (Fsp3) is 0.389. The van der Waals surface area contributed by atoms with Gasteiger partial charge in [0.25, 0.3) is 0 Å². The largest absolute Gasteiger partial charge is 0.383 e. The molecule has 0 saturated heterocycles. The van der Waals surface area contributed by atoms with Crippen LogP contribution in [-0.4, -0.2) is 24.6 Å². The third-order valence-corrected chi connectivity index (χ3v) is 4.10. The number of benzene rings is 1. The Balaban J connectivity index is 1.41. The molecule has 1 aromatic heterocycles. The number of anilines is 1. The number of aryl methyl sites for hydroxylation is 1. The van der Waals surface area contributed by atoms with E-state index in [1.54, 1.807) is 0 Å². The lowest BCUT2D eigenvalue weighted by Gasteiger charge is -2.25. The van der Waals surface area contributed by atoms with Gasteiger partial charge in [-0.15, -0.1) is 0 Å². The molecule has 2 aromatic rings. The summed E-state index contributed by atoms with van der Waals surface area (Å²) >= 11 is 0. The predicted octanol–water partition coefficient (Wildman–Crippen LogP) is 2.81. The lowest BCUT2D eigenvalue weighted by atomic mass is 9.98. The first-order valence-electron chi connectivity index (χ1n) is 7.75. The van der Waals surface area contributed by atoms with E-state index in [1.165, 1.54) is 22.5 Å². The van der Waals surface area contributed by atoms with Crippen molar-refractivity contribution in [1.29, 1.82) is 0 Å². The first kappa shape index (κ1) is 14.1. The van der Waals surface area contributed by atoms with Crippen LogP contribution in [0.4, 0.5) is 5.69 Å². The molecular formula is C18H23N3. The van der Waals surface area contributed by atoms with Gasteiger partial charge in [-0.25, -0.2) is 0 Å². The first-order chi connectivity index (χ1) is 10.3. The van der Waals surface area contributed by atoms with Crippen molar-refractivity contribution < 1.29 is 0 Å². The van der Waals surface area contributed by atoms with Crippen molar-refractivity contribution in [2.24, 2.45) is 5.92 Å². The van der Waals surface area contributed by atoms with Gasteiger partial charge in [0, 0.05) is 19.3 Å². The van der Waals surface area contributed by atoms with Crippen LogP contribution >= 0.6 is 0 Å². The number of nitrogens with one attached hydrogen (secondary N) is 2. The molecule has 0 radical (unpaired) electrons. The topological polar surface area (TPSA) is 37.0 Å². The van der Waals surface area contributed by atoms with Crippen LogP contribution in [0.25, 0.3) is 0 Å². The van der Waals surface area contributed by atoms with E-state index >= 15 is 0 Å². The molecule has 1 aromatic carbocycles. The average Bonchev–Trinajstić information content (AvgIpc) is 2.53. The minimum absolute atomic E-state index is 0.630. The number of aromatic nitrogens is 1. The maximum atomic E-state index is 4.46. The lowest BCUT2D eigenvalue weighted by molar-refractivity contribution is 0.480. The van der Waals surface area contributed by atoms with Gasteiger partial charge in [-0.2, -0.15) is 0 Å². The van der Waals surface area contributed by atoms with E-state index in [0.29, 0.717) is 5.92 Å². The molecule has 21 heavy (non-hydrogen) atoms. The highest BCUT2D eigenvalue weighted by atomic mass is 14.9. The van der Waals surface area contributed by atoms with Crippen LogP contribution in [0.5, 0.6) is 0 Å². The van der Waals surface area contributed by atoms with Gasteiger partial charge >= 0.3 is 0 Å². The second-order valence-corrected chi connectivity index (χ2v) is 5.89. The zero-order valence-electron chi connectivity index (χ0n) is 12.6. The Morgan fingerprint density at radius 2 is 2.10 bits per heavy atom. The molecule has 0 unspecified atom stereocenters. The van der Waals surface area contributed by atoms with Crippen molar-refractivity contribution in [2.75, 3.05) is 25.0 Å². The number of pyridine rings is 1. The number of nitrogens with zero attached hydrogens (tertiary/aromatic N) is 1. The van der Waals surface area contributed by atoms with Gasteiger partial charge in [-0.1, -0.05) is 29.8 Å². The number of rotatable bonds is 5. The Hall–Kier alpha value is -1.87. The van der Waals surface area contributed by atoms with Gasteiger partial charge in [0.15, 0.2) is 0 Å². The van der Waals surface area contributed by atoms with Gasteiger partial charge in [0.1, 0.15) is 0 Å². The quantitative estimate of drug-likeness (QED) is 0.828. The minimum atomic E-state index is 0.630. The van der Waals surface area contributed by atoms with Crippen molar-refractivity contribution in [1.82, 2.24) is 10.3 Å². The van der Waals surface area contributed by atoms with E-state index in [9.17, 15) is 0 Å². The highest BCUT2D eigenvalue weighted by Crippen LogP contribution is 2.21. The van der Waals surface area contributed by atoms with Crippen LogP contribution in [0, 0.1) is 12.8 Å². The summed E-state index contributed by atoms with van der Waals surface area (Å²) in [6.07, 6.45) is 4.05.